The molecule has 0 aliphatic heterocycles. The lowest BCUT2D eigenvalue weighted by Gasteiger charge is -2.13. The number of urea groups is 1. The molecule has 0 heterocycles. The van der Waals surface area contributed by atoms with Gasteiger partial charge in [-0.3, -0.25) is 10.1 Å². The first-order valence-electron chi connectivity index (χ1n) is 7.89. The van der Waals surface area contributed by atoms with Crippen molar-refractivity contribution in [2.45, 2.75) is 20.0 Å². The second kappa shape index (κ2) is 8.68. The molecule has 7 nitrogen and oxygen atoms in total. The number of carbonyl (C=O) groups is 3. The topological polar surface area (TPSA) is 93.7 Å². The van der Waals surface area contributed by atoms with Gasteiger partial charge in [0.2, 0.25) is 0 Å². The third-order valence-corrected chi connectivity index (χ3v) is 3.33. The van der Waals surface area contributed by atoms with Crippen LogP contribution in [0.2, 0.25) is 0 Å². The first kappa shape index (κ1) is 18.3. The minimum absolute atomic E-state index is 0.336. The maximum absolute atomic E-state index is 11.8. The number of imide groups is 1. The molecule has 0 aliphatic carbocycles. The number of ether oxygens (including phenoxy) is 2. The number of fused-ring (bicyclic) bond motifs is 1. The monoisotopic (exact) mass is 344 g/mol. The minimum atomic E-state index is -1.10. The van der Waals surface area contributed by atoms with Crippen molar-refractivity contribution in [3.8, 4) is 5.75 Å². The van der Waals surface area contributed by atoms with Gasteiger partial charge in [-0.25, -0.2) is 9.59 Å². The Bertz CT molecular complexity index is 775. The van der Waals surface area contributed by atoms with E-state index >= 15 is 0 Å². The van der Waals surface area contributed by atoms with E-state index in [0.29, 0.717) is 12.3 Å². The lowest BCUT2D eigenvalue weighted by molar-refractivity contribution is -0.156. The van der Waals surface area contributed by atoms with Crippen LogP contribution in [-0.2, 0) is 14.3 Å². The molecule has 0 fully saturated rings. The second-order valence-corrected chi connectivity index (χ2v) is 5.28. The Morgan fingerprint density at radius 3 is 2.52 bits per heavy atom. The Hall–Kier alpha value is -3.09. The molecule has 1 atom stereocenters. The highest BCUT2D eigenvalue weighted by atomic mass is 16.6. The molecule has 0 aliphatic rings. The second-order valence-electron chi connectivity index (χ2n) is 5.28. The molecule has 132 valence electrons. The van der Waals surface area contributed by atoms with Gasteiger partial charge in [-0.15, -0.1) is 0 Å². The van der Waals surface area contributed by atoms with Crippen LogP contribution in [-0.4, -0.2) is 37.2 Å². The van der Waals surface area contributed by atoms with Crippen LogP contribution in [0.5, 0.6) is 5.75 Å². The maximum atomic E-state index is 11.8. The molecule has 25 heavy (non-hydrogen) atoms. The Morgan fingerprint density at radius 1 is 1.08 bits per heavy atom. The zero-order valence-corrected chi connectivity index (χ0v) is 14.1. The molecule has 0 spiro atoms. The molecular formula is C18H20N2O5. The normalized spacial score (nSPS) is 11.4. The maximum Gasteiger partial charge on any atom is 0.344 e. The quantitative estimate of drug-likeness (QED) is 0.782. The van der Waals surface area contributed by atoms with Gasteiger partial charge in [-0.05, 0) is 36.8 Å². The van der Waals surface area contributed by atoms with Crippen LogP contribution in [0.1, 0.15) is 13.8 Å². The van der Waals surface area contributed by atoms with Gasteiger partial charge >= 0.3 is 12.0 Å². The van der Waals surface area contributed by atoms with Crippen molar-refractivity contribution in [1.82, 2.24) is 10.6 Å². The molecule has 0 aromatic heterocycles. The summed E-state index contributed by atoms with van der Waals surface area (Å²) in [4.78, 5) is 34.7. The van der Waals surface area contributed by atoms with E-state index in [1.54, 1.807) is 13.0 Å². The molecule has 2 N–H and O–H groups in total. The van der Waals surface area contributed by atoms with Gasteiger partial charge in [0.05, 0.1) is 0 Å². The average Bonchev–Trinajstić information content (AvgIpc) is 2.59. The van der Waals surface area contributed by atoms with Gasteiger partial charge < -0.3 is 14.8 Å². The smallest absolute Gasteiger partial charge is 0.344 e. The van der Waals surface area contributed by atoms with Crippen LogP contribution >= 0.6 is 0 Å². The van der Waals surface area contributed by atoms with Crippen LogP contribution in [0.3, 0.4) is 0 Å². The van der Waals surface area contributed by atoms with Gasteiger partial charge in [0.25, 0.3) is 5.91 Å². The fourth-order valence-corrected chi connectivity index (χ4v) is 2.10. The molecule has 1 unspecified atom stereocenters. The van der Waals surface area contributed by atoms with E-state index in [1.165, 1.54) is 6.92 Å². The van der Waals surface area contributed by atoms with E-state index in [9.17, 15) is 14.4 Å². The largest absolute Gasteiger partial charge is 0.482 e. The molecule has 2 aromatic carbocycles. The average molecular weight is 344 g/mol. The summed E-state index contributed by atoms with van der Waals surface area (Å²) in [6.07, 6.45) is -1.10. The van der Waals surface area contributed by atoms with Crippen molar-refractivity contribution in [3.63, 3.8) is 0 Å². The minimum Gasteiger partial charge on any atom is -0.482 e. The van der Waals surface area contributed by atoms with Crippen LogP contribution in [0, 0.1) is 0 Å². The summed E-state index contributed by atoms with van der Waals surface area (Å²) in [5, 5.41) is 6.53. The molecule has 2 aromatic rings. The predicted molar refractivity (Wildman–Crippen MR) is 92.2 cm³/mol. The fourth-order valence-electron chi connectivity index (χ4n) is 2.10. The molecular weight excluding hydrogens is 324 g/mol. The summed E-state index contributed by atoms with van der Waals surface area (Å²) in [5.74, 6) is -0.883. The number of esters is 1. The van der Waals surface area contributed by atoms with E-state index in [1.807, 2.05) is 36.4 Å². The Kier molecular flexibility index (Phi) is 6.33. The lowest BCUT2D eigenvalue weighted by Crippen LogP contribution is -2.44. The Labute approximate surface area is 145 Å². The molecule has 3 amide bonds. The number of carbonyl (C=O) groups excluding carboxylic acids is 3. The van der Waals surface area contributed by atoms with E-state index in [4.69, 9.17) is 9.47 Å². The highest BCUT2D eigenvalue weighted by molar-refractivity contribution is 5.97. The number of benzene rings is 2. The van der Waals surface area contributed by atoms with E-state index in [-0.39, 0.29) is 6.61 Å². The van der Waals surface area contributed by atoms with Crippen molar-refractivity contribution < 1.29 is 23.9 Å². The standard InChI is InChI=1S/C18H20N2O5/c1-3-19-18(23)20-17(22)12(2)25-16(21)11-24-15-9-8-13-6-4-5-7-14(13)10-15/h4-10,12H,3,11H2,1-2H3,(H2,19,20,22,23). The highest BCUT2D eigenvalue weighted by Crippen LogP contribution is 2.20. The summed E-state index contributed by atoms with van der Waals surface area (Å²) < 4.78 is 10.3. The lowest BCUT2D eigenvalue weighted by atomic mass is 10.1. The van der Waals surface area contributed by atoms with Crippen molar-refractivity contribution in [2.75, 3.05) is 13.2 Å². The Morgan fingerprint density at radius 2 is 1.80 bits per heavy atom. The van der Waals surface area contributed by atoms with Gasteiger partial charge in [-0.2, -0.15) is 0 Å². The van der Waals surface area contributed by atoms with Crippen molar-refractivity contribution in [1.29, 1.82) is 0 Å². The van der Waals surface area contributed by atoms with Crippen LogP contribution in [0.4, 0.5) is 4.79 Å². The first-order valence-corrected chi connectivity index (χ1v) is 7.89. The molecule has 0 saturated carbocycles. The zero-order chi connectivity index (χ0) is 18.2. The van der Waals surface area contributed by atoms with Gasteiger partial charge in [-0.1, -0.05) is 30.3 Å². The third kappa shape index (κ3) is 5.49. The third-order valence-electron chi connectivity index (χ3n) is 3.33. The van der Waals surface area contributed by atoms with Crippen molar-refractivity contribution >= 4 is 28.7 Å². The molecule has 0 bridgehead atoms. The van der Waals surface area contributed by atoms with Crippen LogP contribution < -0.4 is 15.4 Å². The SMILES string of the molecule is CCNC(=O)NC(=O)C(C)OC(=O)COc1ccc2ccccc2c1. The number of hydrogen-bond acceptors (Lipinski definition) is 5. The van der Waals surface area contributed by atoms with Crippen LogP contribution in [0.25, 0.3) is 10.8 Å². The summed E-state index contributed by atoms with van der Waals surface area (Å²) >= 11 is 0. The summed E-state index contributed by atoms with van der Waals surface area (Å²) in [5.41, 5.74) is 0. The van der Waals surface area contributed by atoms with E-state index in [2.05, 4.69) is 10.6 Å². The van der Waals surface area contributed by atoms with E-state index < -0.39 is 24.0 Å². The summed E-state index contributed by atoms with van der Waals surface area (Å²) in [6, 6.07) is 12.6. The van der Waals surface area contributed by atoms with Gasteiger partial charge in [0, 0.05) is 6.54 Å². The van der Waals surface area contributed by atoms with E-state index in [0.717, 1.165) is 10.8 Å². The van der Waals surface area contributed by atoms with Gasteiger partial charge in [0.15, 0.2) is 12.7 Å². The zero-order valence-electron chi connectivity index (χ0n) is 14.1. The molecule has 0 saturated heterocycles. The molecule has 2 rings (SSSR count). The molecule has 0 radical (unpaired) electrons. The predicted octanol–water partition coefficient (Wildman–Crippen LogP) is 2.00. The Balaban J connectivity index is 1.82. The van der Waals surface area contributed by atoms with Crippen molar-refractivity contribution in [3.05, 3.63) is 42.5 Å². The van der Waals surface area contributed by atoms with Crippen LogP contribution in [0.15, 0.2) is 42.5 Å². The summed E-state index contributed by atoms with van der Waals surface area (Å²) in [6.45, 7) is 3.14. The van der Waals surface area contributed by atoms with Crippen molar-refractivity contribution in [2.24, 2.45) is 0 Å². The fraction of sp³-hybridized carbons (Fsp3) is 0.278. The number of nitrogens with one attached hydrogen (secondary N) is 2. The summed E-state index contributed by atoms with van der Waals surface area (Å²) in [7, 11) is 0. The number of rotatable bonds is 6. The number of hydrogen-bond donors (Lipinski definition) is 2. The first-order chi connectivity index (χ1) is 12.0. The highest BCUT2D eigenvalue weighted by Gasteiger charge is 2.20. The van der Waals surface area contributed by atoms with Gasteiger partial charge in [0.1, 0.15) is 5.75 Å². The molecule has 7 heteroatoms. The number of amides is 3.